The first-order valence-corrected chi connectivity index (χ1v) is 7.95. The summed E-state index contributed by atoms with van der Waals surface area (Å²) < 4.78 is 9.89. The summed E-state index contributed by atoms with van der Waals surface area (Å²) in [5.74, 6) is -1.06. The Labute approximate surface area is 152 Å². The highest BCUT2D eigenvalue weighted by molar-refractivity contribution is 5.99. The highest BCUT2D eigenvalue weighted by Crippen LogP contribution is 2.24. The van der Waals surface area contributed by atoms with Gasteiger partial charge in [-0.1, -0.05) is 42.5 Å². The van der Waals surface area contributed by atoms with Crippen molar-refractivity contribution in [1.29, 1.82) is 0 Å². The van der Waals surface area contributed by atoms with Gasteiger partial charge in [0.1, 0.15) is 5.75 Å². The van der Waals surface area contributed by atoms with E-state index in [1.807, 2.05) is 48.5 Å². The number of carbonyl (C=O) groups is 2. The van der Waals surface area contributed by atoms with Crippen molar-refractivity contribution in [2.24, 2.45) is 0 Å². The van der Waals surface area contributed by atoms with Gasteiger partial charge in [0, 0.05) is 5.57 Å². The molecule has 134 valence electrons. The van der Waals surface area contributed by atoms with E-state index in [1.165, 1.54) is 7.11 Å². The second-order valence-corrected chi connectivity index (χ2v) is 5.47. The minimum atomic E-state index is -1.10. The monoisotopic (exact) mass is 352 g/mol. The van der Waals surface area contributed by atoms with Gasteiger partial charge in [-0.05, 0) is 41.0 Å². The van der Waals surface area contributed by atoms with Gasteiger partial charge in [-0.15, -0.1) is 0 Å². The third-order valence-corrected chi connectivity index (χ3v) is 3.66. The first-order valence-electron chi connectivity index (χ1n) is 7.95. The van der Waals surface area contributed by atoms with Crippen LogP contribution in [0, 0.1) is 0 Å². The molecule has 0 aliphatic carbocycles. The van der Waals surface area contributed by atoms with Crippen LogP contribution in [-0.2, 0) is 14.3 Å². The second kappa shape index (κ2) is 9.22. The number of ether oxygens (including phenoxy) is 2. The number of hydrogen-bond donors (Lipinski definition) is 1. The van der Waals surface area contributed by atoms with Crippen LogP contribution in [0.25, 0.3) is 11.6 Å². The summed E-state index contributed by atoms with van der Waals surface area (Å²) in [5, 5.41) is 9.09. The minimum absolute atomic E-state index is 0.0676. The number of benzene rings is 2. The topological polar surface area (TPSA) is 72.8 Å². The largest absolute Gasteiger partial charge is 0.497 e. The first kappa shape index (κ1) is 19.0. The lowest BCUT2D eigenvalue weighted by atomic mass is 9.99. The molecule has 0 saturated heterocycles. The molecule has 0 radical (unpaired) electrons. The molecule has 2 rings (SSSR count). The van der Waals surface area contributed by atoms with Gasteiger partial charge in [0.15, 0.2) is 0 Å². The maximum Gasteiger partial charge on any atom is 0.334 e. The summed E-state index contributed by atoms with van der Waals surface area (Å²) in [6, 6.07) is 16.9. The molecule has 0 atom stereocenters. The van der Waals surface area contributed by atoms with Crippen molar-refractivity contribution in [3.63, 3.8) is 0 Å². The van der Waals surface area contributed by atoms with Gasteiger partial charge >= 0.3 is 11.9 Å². The number of carbonyl (C=O) groups excluding carboxylic acids is 1. The third kappa shape index (κ3) is 5.34. The summed E-state index contributed by atoms with van der Waals surface area (Å²) in [6.45, 7) is 0. The second-order valence-electron chi connectivity index (χ2n) is 5.47. The molecular weight excluding hydrogens is 332 g/mol. The van der Waals surface area contributed by atoms with E-state index in [4.69, 9.17) is 14.6 Å². The van der Waals surface area contributed by atoms with E-state index in [-0.39, 0.29) is 5.57 Å². The molecule has 0 bridgehead atoms. The predicted octanol–water partition coefficient (Wildman–Crippen LogP) is 3.81. The van der Waals surface area contributed by atoms with Crippen LogP contribution in [0.2, 0.25) is 0 Å². The average molecular weight is 352 g/mol. The van der Waals surface area contributed by atoms with E-state index in [9.17, 15) is 9.59 Å². The molecule has 0 aromatic heterocycles. The van der Waals surface area contributed by atoms with E-state index in [0.29, 0.717) is 11.3 Å². The molecule has 0 amide bonds. The fourth-order valence-electron chi connectivity index (χ4n) is 2.38. The average Bonchev–Trinajstić information content (AvgIpc) is 2.66. The molecule has 5 nitrogen and oxygen atoms in total. The van der Waals surface area contributed by atoms with Gasteiger partial charge in [-0.2, -0.15) is 0 Å². The maximum atomic E-state index is 12.0. The Balaban J connectivity index is 2.54. The SMILES string of the molecule is COC(=O)/C(=C\C(=C/c1ccccc1)c1ccc(OC)cc1)CC(=O)O. The molecule has 5 heteroatoms. The Kier molecular flexibility index (Phi) is 6.74. The number of rotatable bonds is 7. The molecular formula is C21H20O5. The summed E-state index contributed by atoms with van der Waals surface area (Å²) >= 11 is 0. The van der Waals surface area contributed by atoms with E-state index >= 15 is 0 Å². The first-order chi connectivity index (χ1) is 12.5. The summed E-state index contributed by atoms with van der Waals surface area (Å²) in [4.78, 5) is 23.1. The van der Waals surface area contributed by atoms with Gasteiger partial charge < -0.3 is 14.6 Å². The predicted molar refractivity (Wildman–Crippen MR) is 99.7 cm³/mol. The van der Waals surface area contributed by atoms with E-state index in [1.54, 1.807) is 25.3 Å². The normalized spacial score (nSPS) is 11.8. The molecule has 2 aromatic carbocycles. The van der Waals surface area contributed by atoms with Crippen molar-refractivity contribution in [2.75, 3.05) is 14.2 Å². The molecule has 0 aliphatic heterocycles. The van der Waals surface area contributed by atoms with Gasteiger partial charge in [0.25, 0.3) is 0 Å². The molecule has 0 fully saturated rings. The van der Waals surface area contributed by atoms with Crippen molar-refractivity contribution >= 4 is 23.6 Å². The number of allylic oxidation sites excluding steroid dienone is 2. The van der Waals surface area contributed by atoms with E-state index in [0.717, 1.165) is 11.1 Å². The molecule has 26 heavy (non-hydrogen) atoms. The number of esters is 1. The lowest BCUT2D eigenvalue weighted by molar-refractivity contribution is -0.141. The van der Waals surface area contributed by atoms with Crippen LogP contribution in [0.15, 0.2) is 66.2 Å². The molecule has 0 saturated carbocycles. The van der Waals surface area contributed by atoms with E-state index in [2.05, 4.69) is 0 Å². The summed E-state index contributed by atoms with van der Waals surface area (Å²) in [7, 11) is 2.81. The van der Waals surface area contributed by atoms with Crippen LogP contribution in [0.4, 0.5) is 0 Å². The fourth-order valence-corrected chi connectivity index (χ4v) is 2.38. The van der Waals surface area contributed by atoms with Gasteiger partial charge in [0.2, 0.25) is 0 Å². The molecule has 0 aliphatic rings. The Morgan fingerprint density at radius 2 is 1.65 bits per heavy atom. The molecule has 0 unspecified atom stereocenters. The number of aliphatic carboxylic acids is 1. The highest BCUT2D eigenvalue weighted by atomic mass is 16.5. The Morgan fingerprint density at radius 1 is 1.00 bits per heavy atom. The number of methoxy groups -OCH3 is 2. The molecule has 0 heterocycles. The van der Waals surface area contributed by atoms with Gasteiger partial charge in [-0.3, -0.25) is 4.79 Å². The quantitative estimate of drug-likeness (QED) is 0.355. The number of carboxylic acid groups (broad SMARTS) is 1. The molecule has 2 aromatic rings. The van der Waals surface area contributed by atoms with Crippen LogP contribution in [-0.4, -0.2) is 31.3 Å². The number of carboxylic acids is 1. The zero-order valence-corrected chi connectivity index (χ0v) is 14.6. The maximum absolute atomic E-state index is 12.0. The zero-order valence-electron chi connectivity index (χ0n) is 14.6. The summed E-state index contributed by atoms with van der Waals surface area (Å²) in [6.07, 6.45) is 3.01. The van der Waals surface area contributed by atoms with Gasteiger partial charge in [-0.25, -0.2) is 4.79 Å². The number of hydrogen-bond acceptors (Lipinski definition) is 4. The molecule has 1 N–H and O–H groups in total. The van der Waals surface area contributed by atoms with Crippen molar-refractivity contribution in [2.45, 2.75) is 6.42 Å². The summed E-state index contributed by atoms with van der Waals surface area (Å²) in [5.41, 5.74) is 2.51. The molecule has 0 spiro atoms. The minimum Gasteiger partial charge on any atom is -0.497 e. The lowest BCUT2D eigenvalue weighted by Gasteiger charge is -2.08. The van der Waals surface area contributed by atoms with Crippen molar-refractivity contribution in [3.8, 4) is 5.75 Å². The third-order valence-electron chi connectivity index (χ3n) is 3.66. The van der Waals surface area contributed by atoms with E-state index < -0.39 is 18.4 Å². The highest BCUT2D eigenvalue weighted by Gasteiger charge is 2.15. The van der Waals surface area contributed by atoms with Crippen LogP contribution >= 0.6 is 0 Å². The smallest absolute Gasteiger partial charge is 0.334 e. The van der Waals surface area contributed by atoms with Crippen LogP contribution in [0.1, 0.15) is 17.5 Å². The Hall–Kier alpha value is -3.34. The van der Waals surface area contributed by atoms with Crippen LogP contribution in [0.3, 0.4) is 0 Å². The zero-order chi connectivity index (χ0) is 18.9. The van der Waals surface area contributed by atoms with Crippen molar-refractivity contribution < 1.29 is 24.2 Å². The fraction of sp³-hybridized carbons (Fsp3) is 0.143. The van der Waals surface area contributed by atoms with Crippen molar-refractivity contribution in [1.82, 2.24) is 0 Å². The lowest BCUT2D eigenvalue weighted by Crippen LogP contribution is -2.09. The Morgan fingerprint density at radius 3 is 2.19 bits per heavy atom. The van der Waals surface area contributed by atoms with Gasteiger partial charge in [0.05, 0.1) is 20.6 Å². The standard InChI is InChI=1S/C21H20O5/c1-25-19-10-8-16(9-11-19)17(12-15-6-4-3-5-7-15)13-18(14-20(22)23)21(24)26-2/h3-13H,14H2,1-2H3,(H,22,23)/b17-12+,18-13-. The van der Waals surface area contributed by atoms with Crippen LogP contribution < -0.4 is 4.74 Å². The van der Waals surface area contributed by atoms with Crippen molar-refractivity contribution in [3.05, 3.63) is 77.4 Å². The van der Waals surface area contributed by atoms with Crippen LogP contribution in [0.5, 0.6) is 5.75 Å². The Bertz CT molecular complexity index is 817.